The van der Waals surface area contributed by atoms with Crippen LogP contribution < -0.4 is 4.74 Å². The fourth-order valence-corrected chi connectivity index (χ4v) is 5.23. The van der Waals surface area contributed by atoms with E-state index in [-0.39, 0.29) is 11.3 Å². The van der Waals surface area contributed by atoms with Gasteiger partial charge in [0.25, 0.3) is 0 Å². The lowest BCUT2D eigenvalue weighted by molar-refractivity contribution is 0.134. The van der Waals surface area contributed by atoms with Crippen molar-refractivity contribution in [2.24, 2.45) is 5.92 Å². The van der Waals surface area contributed by atoms with Gasteiger partial charge in [-0.15, -0.1) is 0 Å². The number of thioether (sulfide) groups is 2. The third-order valence-corrected chi connectivity index (χ3v) is 7.32. The van der Waals surface area contributed by atoms with Crippen LogP contribution in [0.3, 0.4) is 0 Å². The van der Waals surface area contributed by atoms with Crippen LogP contribution in [0.4, 0.5) is 4.79 Å². The number of ether oxygens (including phenoxy) is 1. The van der Waals surface area contributed by atoms with E-state index in [2.05, 4.69) is 26.9 Å². The van der Waals surface area contributed by atoms with Gasteiger partial charge in [0.2, 0.25) is 0 Å². The van der Waals surface area contributed by atoms with Gasteiger partial charge in [-0.3, -0.25) is 0 Å². The number of piperidine rings is 1. The van der Waals surface area contributed by atoms with E-state index in [1.807, 2.05) is 36.7 Å². The zero-order valence-electron chi connectivity index (χ0n) is 16.8. The Kier molecular flexibility index (Phi) is 7.01. The highest BCUT2D eigenvalue weighted by Crippen LogP contribution is 2.33. The number of likely N-dealkylation sites (tertiary alicyclic amines) is 1. The quantitative estimate of drug-likeness (QED) is 0.500. The molecule has 1 saturated heterocycles. The van der Waals surface area contributed by atoms with E-state index in [9.17, 15) is 4.79 Å². The summed E-state index contributed by atoms with van der Waals surface area (Å²) < 4.78 is 5.59. The molecule has 0 radical (unpaired) electrons. The molecular formula is C21H25N5O2S2. The molecule has 3 aromatic rings. The number of carbonyl (C=O) groups is 1. The van der Waals surface area contributed by atoms with Gasteiger partial charge < -0.3 is 19.6 Å². The Morgan fingerprint density at radius 1 is 1.13 bits per heavy atom. The van der Waals surface area contributed by atoms with Gasteiger partial charge in [0.05, 0.1) is 0 Å². The number of hydrogen-bond acceptors (Lipinski definition) is 6. The highest BCUT2D eigenvalue weighted by atomic mass is 32.2. The first kappa shape index (κ1) is 20.9. The minimum Gasteiger partial charge on any atom is -0.410 e. The molecule has 1 aromatic carbocycles. The molecule has 1 atom stereocenters. The van der Waals surface area contributed by atoms with Gasteiger partial charge in [0.15, 0.2) is 10.3 Å². The van der Waals surface area contributed by atoms with E-state index < -0.39 is 0 Å². The van der Waals surface area contributed by atoms with E-state index in [1.54, 1.807) is 40.8 Å². The fourth-order valence-electron chi connectivity index (χ4n) is 3.33. The van der Waals surface area contributed by atoms with Crippen molar-refractivity contribution >= 4 is 29.6 Å². The van der Waals surface area contributed by atoms with Crippen LogP contribution in [0, 0.1) is 5.92 Å². The average molecular weight is 444 g/mol. The zero-order chi connectivity index (χ0) is 20.8. The summed E-state index contributed by atoms with van der Waals surface area (Å²) in [6.45, 7) is 3.59. The molecule has 9 heteroatoms. The summed E-state index contributed by atoms with van der Waals surface area (Å²) in [4.78, 5) is 29.0. The monoisotopic (exact) mass is 443 g/mol. The zero-order valence-corrected chi connectivity index (χ0v) is 18.4. The maximum atomic E-state index is 12.5. The number of hydrogen-bond donors (Lipinski definition) is 2. The highest BCUT2D eigenvalue weighted by Gasteiger charge is 2.24. The predicted molar refractivity (Wildman–Crippen MR) is 119 cm³/mol. The standard InChI is InChI=1S/C21H25N5O2S2/c1-15(30-20-24-10-11-25-20)17-2-4-18(5-3-17)28-21(27)26-12-6-16(7-13-26)14-29-19-22-8-9-23-19/h2-5,8-11,15-16H,6-7,12-14H2,1H3,(H,22,23)(H,24,25). The van der Waals surface area contributed by atoms with Crippen molar-refractivity contribution < 1.29 is 9.53 Å². The highest BCUT2D eigenvalue weighted by molar-refractivity contribution is 7.99. The molecule has 0 saturated carbocycles. The summed E-state index contributed by atoms with van der Waals surface area (Å²) in [6, 6.07) is 7.72. The van der Waals surface area contributed by atoms with Crippen molar-refractivity contribution in [1.82, 2.24) is 24.8 Å². The molecule has 0 spiro atoms. The number of nitrogens with zero attached hydrogens (tertiary/aromatic N) is 3. The summed E-state index contributed by atoms with van der Waals surface area (Å²) in [5.41, 5.74) is 1.16. The van der Waals surface area contributed by atoms with Gasteiger partial charge in [0, 0.05) is 48.9 Å². The van der Waals surface area contributed by atoms with Crippen molar-refractivity contribution in [3.63, 3.8) is 0 Å². The first-order valence-corrected chi connectivity index (χ1v) is 11.9. The maximum Gasteiger partial charge on any atom is 0.415 e. The van der Waals surface area contributed by atoms with E-state index in [0.717, 1.165) is 47.6 Å². The number of amides is 1. The van der Waals surface area contributed by atoms with Gasteiger partial charge in [-0.2, -0.15) is 0 Å². The van der Waals surface area contributed by atoms with Crippen LogP contribution in [-0.4, -0.2) is 49.8 Å². The Labute approximate surface area is 184 Å². The molecule has 1 amide bonds. The summed E-state index contributed by atoms with van der Waals surface area (Å²) in [5, 5.41) is 2.10. The third-order valence-electron chi connectivity index (χ3n) is 5.12. The summed E-state index contributed by atoms with van der Waals surface area (Å²) in [5.74, 6) is 2.19. The van der Waals surface area contributed by atoms with E-state index in [1.165, 1.54) is 0 Å². The lowest BCUT2D eigenvalue weighted by Crippen LogP contribution is -2.40. The van der Waals surface area contributed by atoms with Crippen LogP contribution in [0.1, 0.15) is 30.6 Å². The van der Waals surface area contributed by atoms with Gasteiger partial charge in [0.1, 0.15) is 5.75 Å². The topological polar surface area (TPSA) is 86.9 Å². The van der Waals surface area contributed by atoms with Crippen LogP contribution in [-0.2, 0) is 0 Å². The van der Waals surface area contributed by atoms with Crippen molar-refractivity contribution in [2.75, 3.05) is 18.8 Å². The van der Waals surface area contributed by atoms with E-state index >= 15 is 0 Å². The molecule has 4 rings (SSSR count). The van der Waals surface area contributed by atoms with Crippen molar-refractivity contribution in [3.8, 4) is 5.75 Å². The Morgan fingerprint density at radius 3 is 2.43 bits per heavy atom. The first-order chi connectivity index (χ1) is 14.7. The molecule has 30 heavy (non-hydrogen) atoms. The summed E-state index contributed by atoms with van der Waals surface area (Å²) in [7, 11) is 0. The van der Waals surface area contributed by atoms with E-state index in [4.69, 9.17) is 4.74 Å². The summed E-state index contributed by atoms with van der Waals surface area (Å²) in [6.07, 6.45) is 8.89. The number of imidazole rings is 2. The molecule has 1 fully saturated rings. The third kappa shape index (κ3) is 5.60. The number of aromatic nitrogens is 4. The molecular weight excluding hydrogens is 418 g/mol. The van der Waals surface area contributed by atoms with Crippen LogP contribution >= 0.6 is 23.5 Å². The lowest BCUT2D eigenvalue weighted by Gasteiger charge is -2.30. The minimum absolute atomic E-state index is 0.249. The maximum absolute atomic E-state index is 12.5. The molecule has 7 nitrogen and oxygen atoms in total. The number of aromatic amines is 2. The fraction of sp³-hybridized carbons (Fsp3) is 0.381. The van der Waals surface area contributed by atoms with Crippen molar-refractivity contribution in [2.45, 2.75) is 35.3 Å². The smallest absolute Gasteiger partial charge is 0.410 e. The average Bonchev–Trinajstić information content (AvgIpc) is 3.47. The van der Waals surface area contributed by atoms with Crippen molar-refractivity contribution in [3.05, 3.63) is 54.6 Å². The van der Waals surface area contributed by atoms with E-state index in [0.29, 0.717) is 11.7 Å². The van der Waals surface area contributed by atoms with Gasteiger partial charge in [-0.05, 0) is 43.4 Å². The Bertz CT molecular complexity index is 908. The Hall–Kier alpha value is -2.39. The molecule has 158 valence electrons. The molecule has 0 bridgehead atoms. The lowest BCUT2D eigenvalue weighted by atomic mass is 9.99. The first-order valence-electron chi connectivity index (χ1n) is 10.0. The molecule has 1 aliphatic heterocycles. The second kappa shape index (κ2) is 10.1. The number of H-pyrrole nitrogens is 2. The molecule has 1 unspecified atom stereocenters. The molecule has 3 heterocycles. The minimum atomic E-state index is -0.266. The molecule has 2 N–H and O–H groups in total. The van der Waals surface area contributed by atoms with Crippen LogP contribution in [0.2, 0.25) is 0 Å². The second-order valence-corrected chi connectivity index (χ2v) is 9.57. The SMILES string of the molecule is CC(Sc1ncc[nH]1)c1ccc(OC(=O)N2CCC(CSc3ncc[nH]3)CC2)cc1. The largest absolute Gasteiger partial charge is 0.415 e. The number of benzene rings is 1. The normalized spacial score (nSPS) is 15.8. The number of carbonyl (C=O) groups excluding carboxylic acids is 1. The van der Waals surface area contributed by atoms with Gasteiger partial charge in [-0.1, -0.05) is 35.7 Å². The number of rotatable bonds is 7. The predicted octanol–water partition coefficient (Wildman–Crippen LogP) is 4.99. The van der Waals surface area contributed by atoms with Crippen LogP contribution in [0.15, 0.2) is 59.4 Å². The Morgan fingerprint density at radius 2 is 1.80 bits per heavy atom. The van der Waals surface area contributed by atoms with Crippen LogP contribution in [0.5, 0.6) is 5.75 Å². The van der Waals surface area contributed by atoms with Gasteiger partial charge in [-0.25, -0.2) is 14.8 Å². The second-order valence-electron chi connectivity index (χ2n) is 7.23. The molecule has 0 aliphatic carbocycles. The molecule has 1 aliphatic rings. The van der Waals surface area contributed by atoms with Gasteiger partial charge >= 0.3 is 6.09 Å². The number of nitrogens with one attached hydrogen (secondary N) is 2. The summed E-state index contributed by atoms with van der Waals surface area (Å²) >= 11 is 3.40. The molecule has 2 aromatic heterocycles. The van der Waals surface area contributed by atoms with Crippen molar-refractivity contribution in [1.29, 1.82) is 0 Å². The van der Waals surface area contributed by atoms with Crippen LogP contribution in [0.25, 0.3) is 0 Å². The Balaban J connectivity index is 1.22.